The molecule has 2 aromatic heterocycles. The number of hydrogen-bond donors (Lipinski definition) is 0. The first-order valence-corrected chi connectivity index (χ1v) is 19.3. The lowest BCUT2D eigenvalue weighted by molar-refractivity contribution is 0.664. The molecule has 0 aliphatic carbocycles. The van der Waals surface area contributed by atoms with Gasteiger partial charge in [-0.2, -0.15) is 0 Å². The van der Waals surface area contributed by atoms with E-state index in [2.05, 4.69) is 211 Å². The molecule has 0 unspecified atom stereocenters. The minimum atomic E-state index is 0.813. The van der Waals surface area contributed by atoms with Gasteiger partial charge in [-0.05, 0) is 81.4 Å². The molecule has 0 aliphatic heterocycles. The highest BCUT2D eigenvalue weighted by atomic mass is 16.3. The molecule has 11 aromatic rings. The molecule has 0 amide bonds. The molecule has 0 radical (unpaired) electrons. The molecular formula is C54H35NO2. The van der Waals surface area contributed by atoms with Crippen LogP contribution in [0.1, 0.15) is 0 Å². The highest BCUT2D eigenvalue weighted by Crippen LogP contribution is 2.48. The van der Waals surface area contributed by atoms with Gasteiger partial charge in [0.25, 0.3) is 0 Å². The summed E-state index contributed by atoms with van der Waals surface area (Å²) in [6.45, 7) is 0. The monoisotopic (exact) mass is 729 g/mol. The van der Waals surface area contributed by atoms with E-state index in [0.29, 0.717) is 0 Å². The number of para-hydroxylation sites is 1. The van der Waals surface area contributed by atoms with Crippen LogP contribution in [0, 0.1) is 0 Å². The van der Waals surface area contributed by atoms with E-state index < -0.39 is 0 Å². The Morgan fingerprint density at radius 3 is 1.32 bits per heavy atom. The number of furan rings is 2. The van der Waals surface area contributed by atoms with E-state index >= 15 is 0 Å². The van der Waals surface area contributed by atoms with E-state index in [4.69, 9.17) is 8.83 Å². The van der Waals surface area contributed by atoms with Crippen LogP contribution in [0.3, 0.4) is 0 Å². The van der Waals surface area contributed by atoms with Gasteiger partial charge in [-0.3, -0.25) is 0 Å². The van der Waals surface area contributed by atoms with Gasteiger partial charge in [-0.25, -0.2) is 0 Å². The first-order valence-electron chi connectivity index (χ1n) is 19.3. The molecule has 0 saturated carbocycles. The zero-order valence-corrected chi connectivity index (χ0v) is 31.0. The predicted octanol–water partition coefficient (Wildman–Crippen LogP) is 15.6. The summed E-state index contributed by atoms with van der Waals surface area (Å²) in [5.74, 6) is 0. The summed E-state index contributed by atoms with van der Waals surface area (Å²) in [5, 5.41) is 4.15. The molecule has 0 N–H and O–H groups in total. The standard InChI is InChI=1S/C54H35NO2/c1-5-14-36(15-6-1)38-24-28-42(29-25-38)55(43-30-26-39(27-31-43)37-16-7-2-8-17-37)49-33-32-44(40-18-9-3-10-19-40)52-48-35-50-47(34-51(48)57-54(49)52)46-23-13-22-45(53(46)56-50)41-20-11-4-12-21-41/h1-35H. The molecule has 2 heterocycles. The third-order valence-electron chi connectivity index (χ3n) is 11.1. The third-order valence-corrected chi connectivity index (χ3v) is 11.1. The van der Waals surface area contributed by atoms with Gasteiger partial charge in [-0.1, -0.05) is 170 Å². The number of benzene rings is 9. The van der Waals surface area contributed by atoms with E-state index in [1.54, 1.807) is 0 Å². The van der Waals surface area contributed by atoms with Crippen molar-refractivity contribution in [3.05, 3.63) is 212 Å². The Hall–Kier alpha value is -7.62. The Morgan fingerprint density at radius 2 is 0.754 bits per heavy atom. The largest absolute Gasteiger partial charge is 0.455 e. The van der Waals surface area contributed by atoms with Crippen molar-refractivity contribution >= 4 is 60.9 Å². The molecule has 0 bridgehead atoms. The summed E-state index contributed by atoms with van der Waals surface area (Å²) in [5.41, 5.74) is 15.5. The normalized spacial score (nSPS) is 11.5. The number of rotatable bonds is 7. The summed E-state index contributed by atoms with van der Waals surface area (Å²) in [4.78, 5) is 2.31. The number of nitrogens with zero attached hydrogens (tertiary/aromatic N) is 1. The SMILES string of the molecule is c1ccc(-c2ccc(N(c3ccc(-c4ccccc4)cc3)c3ccc(-c4ccccc4)c4c3oc3cc5c(cc34)oc3c(-c4ccccc4)cccc35)cc2)cc1. The van der Waals surface area contributed by atoms with Crippen molar-refractivity contribution in [2.24, 2.45) is 0 Å². The van der Waals surface area contributed by atoms with Crippen LogP contribution < -0.4 is 4.90 Å². The van der Waals surface area contributed by atoms with Crippen molar-refractivity contribution in [2.75, 3.05) is 4.90 Å². The molecule has 0 atom stereocenters. The van der Waals surface area contributed by atoms with Crippen LogP contribution in [-0.4, -0.2) is 0 Å². The minimum Gasteiger partial charge on any atom is -0.455 e. The van der Waals surface area contributed by atoms with E-state index in [1.807, 2.05) is 6.07 Å². The maximum absolute atomic E-state index is 7.11. The summed E-state index contributed by atoms with van der Waals surface area (Å²) >= 11 is 0. The molecule has 3 heteroatoms. The third kappa shape index (κ3) is 5.68. The van der Waals surface area contributed by atoms with Crippen LogP contribution in [0.25, 0.3) is 88.4 Å². The average molecular weight is 730 g/mol. The van der Waals surface area contributed by atoms with E-state index in [0.717, 1.165) is 94.3 Å². The van der Waals surface area contributed by atoms with Crippen molar-refractivity contribution in [2.45, 2.75) is 0 Å². The lowest BCUT2D eigenvalue weighted by atomic mass is 9.97. The molecule has 268 valence electrons. The van der Waals surface area contributed by atoms with Gasteiger partial charge < -0.3 is 13.7 Å². The fourth-order valence-electron chi connectivity index (χ4n) is 8.33. The van der Waals surface area contributed by atoms with Gasteiger partial charge in [0.15, 0.2) is 5.58 Å². The highest BCUT2D eigenvalue weighted by Gasteiger charge is 2.24. The zero-order valence-electron chi connectivity index (χ0n) is 31.0. The lowest BCUT2D eigenvalue weighted by Gasteiger charge is -2.26. The Balaban J connectivity index is 1.15. The van der Waals surface area contributed by atoms with Gasteiger partial charge in [0, 0.05) is 38.5 Å². The van der Waals surface area contributed by atoms with Crippen LogP contribution >= 0.6 is 0 Å². The van der Waals surface area contributed by atoms with Crippen molar-refractivity contribution in [1.29, 1.82) is 0 Å². The molecule has 0 fully saturated rings. The Labute approximate surface area is 330 Å². The second kappa shape index (κ2) is 13.6. The zero-order chi connectivity index (χ0) is 37.7. The Morgan fingerprint density at radius 1 is 0.298 bits per heavy atom. The number of fused-ring (bicyclic) bond motifs is 6. The maximum Gasteiger partial charge on any atom is 0.160 e. The lowest BCUT2D eigenvalue weighted by Crippen LogP contribution is -2.10. The summed E-state index contributed by atoms with van der Waals surface area (Å²) < 4.78 is 13.9. The molecular weight excluding hydrogens is 695 g/mol. The van der Waals surface area contributed by atoms with E-state index in [9.17, 15) is 0 Å². The first-order chi connectivity index (χ1) is 28.3. The highest BCUT2D eigenvalue weighted by molar-refractivity contribution is 6.21. The summed E-state index contributed by atoms with van der Waals surface area (Å²) in [6, 6.07) is 74.8. The molecule has 3 nitrogen and oxygen atoms in total. The van der Waals surface area contributed by atoms with Crippen LogP contribution in [0.5, 0.6) is 0 Å². The van der Waals surface area contributed by atoms with Crippen molar-refractivity contribution < 1.29 is 8.83 Å². The number of hydrogen-bond acceptors (Lipinski definition) is 3. The second-order valence-electron chi connectivity index (χ2n) is 14.5. The maximum atomic E-state index is 7.11. The average Bonchev–Trinajstić information content (AvgIpc) is 3.85. The van der Waals surface area contributed by atoms with Gasteiger partial charge in [0.05, 0.1) is 5.69 Å². The van der Waals surface area contributed by atoms with Crippen LogP contribution in [-0.2, 0) is 0 Å². The van der Waals surface area contributed by atoms with Crippen molar-refractivity contribution in [3.63, 3.8) is 0 Å². The predicted molar refractivity (Wildman–Crippen MR) is 237 cm³/mol. The van der Waals surface area contributed by atoms with Crippen LogP contribution in [0.2, 0.25) is 0 Å². The molecule has 0 spiro atoms. The smallest absolute Gasteiger partial charge is 0.160 e. The van der Waals surface area contributed by atoms with E-state index in [-0.39, 0.29) is 0 Å². The second-order valence-corrected chi connectivity index (χ2v) is 14.5. The summed E-state index contributed by atoms with van der Waals surface area (Å²) in [7, 11) is 0. The molecule has 9 aromatic carbocycles. The number of anilines is 3. The molecule has 57 heavy (non-hydrogen) atoms. The first kappa shape index (κ1) is 32.8. The van der Waals surface area contributed by atoms with Gasteiger partial charge >= 0.3 is 0 Å². The fraction of sp³-hybridized carbons (Fsp3) is 0. The van der Waals surface area contributed by atoms with Crippen molar-refractivity contribution in [3.8, 4) is 44.5 Å². The Bertz CT molecular complexity index is 3100. The van der Waals surface area contributed by atoms with Crippen molar-refractivity contribution in [1.82, 2.24) is 0 Å². The molecule has 0 aliphatic rings. The van der Waals surface area contributed by atoms with Crippen LogP contribution in [0.4, 0.5) is 17.1 Å². The van der Waals surface area contributed by atoms with E-state index in [1.165, 1.54) is 11.1 Å². The minimum absolute atomic E-state index is 0.813. The molecule has 0 saturated heterocycles. The topological polar surface area (TPSA) is 29.5 Å². The quantitative estimate of drug-likeness (QED) is 0.164. The van der Waals surface area contributed by atoms with Crippen LogP contribution in [0.15, 0.2) is 221 Å². The van der Waals surface area contributed by atoms with Gasteiger partial charge in [0.2, 0.25) is 0 Å². The Kier molecular flexibility index (Phi) is 7.82. The van der Waals surface area contributed by atoms with Gasteiger partial charge in [0.1, 0.15) is 16.7 Å². The molecule has 11 rings (SSSR count). The summed E-state index contributed by atoms with van der Waals surface area (Å²) in [6.07, 6.45) is 0. The van der Waals surface area contributed by atoms with Gasteiger partial charge in [-0.15, -0.1) is 0 Å². The fourth-order valence-corrected chi connectivity index (χ4v) is 8.33.